The SMILES string of the molecule is C=C(N)O.[H-].[Na+]. The first-order valence-electron chi connectivity index (χ1n) is 0.866. The summed E-state index contributed by atoms with van der Waals surface area (Å²) < 4.78 is 0. The summed E-state index contributed by atoms with van der Waals surface area (Å²) in [6.07, 6.45) is 0. The second-order valence-electron chi connectivity index (χ2n) is 0.491. The second-order valence-corrected chi connectivity index (χ2v) is 0.491. The Labute approximate surface area is 54.4 Å². The summed E-state index contributed by atoms with van der Waals surface area (Å²) in [6.45, 7) is 2.89. The summed E-state index contributed by atoms with van der Waals surface area (Å²) in [5.74, 6) is -0.333. The molecule has 0 aromatic rings. The summed E-state index contributed by atoms with van der Waals surface area (Å²) in [5.41, 5.74) is 4.47. The summed E-state index contributed by atoms with van der Waals surface area (Å²) >= 11 is 0. The van der Waals surface area contributed by atoms with Crippen LogP contribution >= 0.6 is 0 Å². The Morgan fingerprint density at radius 1 is 2.00 bits per heavy atom. The molecule has 0 heterocycles. The Hall–Kier alpha value is 0.340. The molecule has 0 fully saturated rings. The molecule has 0 radical (unpaired) electrons. The van der Waals surface area contributed by atoms with Gasteiger partial charge in [0, 0.05) is 0 Å². The molecule has 0 amide bonds. The van der Waals surface area contributed by atoms with Gasteiger partial charge in [0.25, 0.3) is 0 Å². The average molecular weight is 83.1 g/mol. The third kappa shape index (κ3) is 206. The standard InChI is InChI=1S/C2H5NO.Na.H/c1-2(3)4;;/h4H,1,3H2;;/q;+1;-1. The van der Waals surface area contributed by atoms with E-state index in [0.717, 1.165) is 0 Å². The van der Waals surface area contributed by atoms with Crippen LogP contribution in [0.4, 0.5) is 0 Å². The van der Waals surface area contributed by atoms with Crippen LogP contribution in [0.15, 0.2) is 12.5 Å². The Balaban J connectivity index is -0.0000000450. The van der Waals surface area contributed by atoms with Crippen LogP contribution in [-0.2, 0) is 0 Å². The molecule has 3 heteroatoms. The topological polar surface area (TPSA) is 46.2 Å². The van der Waals surface area contributed by atoms with Gasteiger partial charge < -0.3 is 12.3 Å². The van der Waals surface area contributed by atoms with Crippen molar-refractivity contribution in [2.24, 2.45) is 5.73 Å². The van der Waals surface area contributed by atoms with Crippen molar-refractivity contribution >= 4 is 0 Å². The maximum Gasteiger partial charge on any atom is 1.00 e. The molecule has 0 bridgehead atoms. The molecule has 0 aliphatic carbocycles. The van der Waals surface area contributed by atoms with Gasteiger partial charge in [0.2, 0.25) is 0 Å². The van der Waals surface area contributed by atoms with Crippen molar-refractivity contribution in [1.82, 2.24) is 0 Å². The van der Waals surface area contributed by atoms with Crippen molar-refractivity contribution < 1.29 is 36.1 Å². The van der Waals surface area contributed by atoms with Crippen LogP contribution in [0.25, 0.3) is 0 Å². The number of nitrogens with two attached hydrogens (primary N) is 1. The Kier molecular flexibility index (Phi) is 7.83. The monoisotopic (exact) mass is 83.0 g/mol. The normalized spacial score (nSPS) is 4.80. The van der Waals surface area contributed by atoms with Crippen LogP contribution in [0.5, 0.6) is 0 Å². The number of rotatable bonds is 0. The van der Waals surface area contributed by atoms with Crippen molar-refractivity contribution in [3.05, 3.63) is 12.5 Å². The van der Waals surface area contributed by atoms with Crippen molar-refractivity contribution in [2.45, 2.75) is 0 Å². The minimum atomic E-state index is -0.333. The maximum absolute atomic E-state index is 7.64. The molecule has 0 unspecified atom stereocenters. The molecule has 0 aliphatic rings. The van der Waals surface area contributed by atoms with Crippen molar-refractivity contribution in [3.8, 4) is 0 Å². The van der Waals surface area contributed by atoms with E-state index >= 15 is 0 Å². The summed E-state index contributed by atoms with van der Waals surface area (Å²) in [5, 5.41) is 7.64. The van der Waals surface area contributed by atoms with Gasteiger partial charge in [-0.05, 0) is 6.58 Å². The van der Waals surface area contributed by atoms with Gasteiger partial charge in [0.05, 0.1) is 0 Å². The number of aliphatic hydroxyl groups is 1. The molecule has 0 saturated carbocycles. The van der Waals surface area contributed by atoms with Gasteiger partial charge in [-0.2, -0.15) is 0 Å². The van der Waals surface area contributed by atoms with Crippen LogP contribution in [0.1, 0.15) is 1.43 Å². The van der Waals surface area contributed by atoms with E-state index in [1.807, 2.05) is 0 Å². The van der Waals surface area contributed by atoms with Crippen LogP contribution in [0, 0.1) is 0 Å². The Bertz CT molecular complexity index is 36.5. The van der Waals surface area contributed by atoms with E-state index < -0.39 is 0 Å². The van der Waals surface area contributed by atoms with Crippen molar-refractivity contribution in [3.63, 3.8) is 0 Å². The molecule has 5 heavy (non-hydrogen) atoms. The number of hydrogen-bond acceptors (Lipinski definition) is 2. The predicted octanol–water partition coefficient (Wildman–Crippen LogP) is -2.91. The summed E-state index contributed by atoms with van der Waals surface area (Å²) in [4.78, 5) is 0. The summed E-state index contributed by atoms with van der Waals surface area (Å²) in [6, 6.07) is 0. The van der Waals surface area contributed by atoms with Crippen molar-refractivity contribution in [1.29, 1.82) is 0 Å². The molecule has 0 aliphatic heterocycles. The van der Waals surface area contributed by atoms with Crippen LogP contribution in [0.2, 0.25) is 0 Å². The largest absolute Gasteiger partial charge is 1.00 e. The molecule has 0 rings (SSSR count). The fourth-order valence-electron chi connectivity index (χ4n) is 0. The first-order chi connectivity index (χ1) is 1.73. The van der Waals surface area contributed by atoms with Crippen LogP contribution in [0.3, 0.4) is 0 Å². The van der Waals surface area contributed by atoms with Gasteiger partial charge in [-0.1, -0.05) is 0 Å². The molecule has 0 atom stereocenters. The zero-order chi connectivity index (χ0) is 3.58. The van der Waals surface area contributed by atoms with E-state index in [0.29, 0.717) is 0 Å². The molecule has 0 saturated heterocycles. The zero-order valence-electron chi connectivity index (χ0n) is 4.23. The van der Waals surface area contributed by atoms with Gasteiger partial charge in [0.1, 0.15) is 0 Å². The fourth-order valence-corrected chi connectivity index (χ4v) is 0. The first-order valence-corrected chi connectivity index (χ1v) is 0.866. The molecule has 2 nitrogen and oxygen atoms in total. The molecule has 0 aromatic carbocycles. The van der Waals surface area contributed by atoms with E-state index in [1.165, 1.54) is 0 Å². The minimum Gasteiger partial charge on any atom is -1.00 e. The third-order valence-corrected chi connectivity index (χ3v) is 0. The first kappa shape index (κ1) is 9.02. The third-order valence-electron chi connectivity index (χ3n) is 0. The quantitative estimate of drug-likeness (QED) is 0.243. The predicted molar refractivity (Wildman–Crippen MR) is 17.1 cm³/mol. The Morgan fingerprint density at radius 2 is 2.00 bits per heavy atom. The molecule has 26 valence electrons. The van der Waals surface area contributed by atoms with Gasteiger partial charge in [-0.15, -0.1) is 0 Å². The van der Waals surface area contributed by atoms with Gasteiger partial charge in [-0.3, -0.25) is 0 Å². The number of aliphatic hydroxyl groups excluding tert-OH is 1. The van der Waals surface area contributed by atoms with E-state index in [1.54, 1.807) is 0 Å². The zero-order valence-corrected chi connectivity index (χ0v) is 5.23. The van der Waals surface area contributed by atoms with E-state index in [2.05, 4.69) is 12.3 Å². The van der Waals surface area contributed by atoms with Gasteiger partial charge >= 0.3 is 29.6 Å². The van der Waals surface area contributed by atoms with E-state index in [9.17, 15) is 0 Å². The van der Waals surface area contributed by atoms with Gasteiger partial charge in [-0.25, -0.2) is 0 Å². The number of hydrogen-bond donors (Lipinski definition) is 2. The fraction of sp³-hybridized carbons (Fsp3) is 0. The van der Waals surface area contributed by atoms with E-state index in [4.69, 9.17) is 5.11 Å². The van der Waals surface area contributed by atoms with Gasteiger partial charge in [0.15, 0.2) is 5.88 Å². The smallest absolute Gasteiger partial charge is 1.00 e. The Morgan fingerprint density at radius 3 is 2.00 bits per heavy atom. The molecule has 0 aromatic heterocycles. The van der Waals surface area contributed by atoms with Crippen LogP contribution < -0.4 is 35.3 Å². The average Bonchev–Trinajstić information content (AvgIpc) is 0.811. The molecular weight excluding hydrogens is 77.0 g/mol. The minimum absolute atomic E-state index is 0. The van der Waals surface area contributed by atoms with Crippen LogP contribution in [-0.4, -0.2) is 5.11 Å². The van der Waals surface area contributed by atoms with E-state index in [-0.39, 0.29) is 36.9 Å². The molecule has 3 N–H and O–H groups in total. The molecule has 0 spiro atoms. The molecular formula is C2H6NNaO. The maximum atomic E-state index is 7.64. The summed E-state index contributed by atoms with van der Waals surface area (Å²) in [7, 11) is 0. The van der Waals surface area contributed by atoms with Crippen molar-refractivity contribution in [2.75, 3.05) is 0 Å². The second kappa shape index (κ2) is 4.34.